The predicted molar refractivity (Wildman–Crippen MR) is 112 cm³/mol. The normalized spacial score (nSPS) is 11.1. The van der Waals surface area contributed by atoms with Gasteiger partial charge >= 0.3 is 0 Å². The number of aryl methyl sites for hydroxylation is 1. The molecule has 0 amide bonds. The molecule has 2 aromatic carbocycles. The summed E-state index contributed by atoms with van der Waals surface area (Å²) in [6.07, 6.45) is 3.36. The summed E-state index contributed by atoms with van der Waals surface area (Å²) in [5.74, 6) is 0.210. The van der Waals surface area contributed by atoms with Crippen molar-refractivity contribution < 1.29 is 4.79 Å². The molecule has 0 bridgehead atoms. The maximum Gasteiger partial charge on any atom is 0.229 e. The highest BCUT2D eigenvalue weighted by atomic mass is 32.2. The van der Waals surface area contributed by atoms with Crippen LogP contribution in [0.5, 0.6) is 0 Å². The molecule has 0 unspecified atom stereocenters. The van der Waals surface area contributed by atoms with Crippen LogP contribution in [0.1, 0.15) is 16.2 Å². The average molecular weight is 413 g/mol. The fraction of sp³-hybridized carbons (Fsp3) is 0.0476. The first-order chi connectivity index (χ1) is 14.7. The average Bonchev–Trinajstić information content (AvgIpc) is 3.42. The van der Waals surface area contributed by atoms with Gasteiger partial charge in [0.2, 0.25) is 10.9 Å². The minimum Gasteiger partial charge on any atom is -0.331 e. The number of hydrogen-bond acceptors (Lipinski definition) is 7. The lowest BCUT2D eigenvalue weighted by molar-refractivity contribution is 0.102. The Morgan fingerprint density at radius 3 is 2.63 bits per heavy atom. The van der Waals surface area contributed by atoms with Crippen molar-refractivity contribution in [2.45, 2.75) is 10.2 Å². The molecule has 9 heteroatoms. The minimum atomic E-state index is -0.161. The molecule has 0 atom stereocenters. The number of nitrogens with zero attached hydrogens (tertiary/aromatic N) is 7. The lowest BCUT2D eigenvalue weighted by atomic mass is 10.1. The van der Waals surface area contributed by atoms with Crippen LogP contribution in [0.25, 0.3) is 16.6 Å². The van der Waals surface area contributed by atoms with Gasteiger partial charge in [0.05, 0.1) is 11.2 Å². The van der Waals surface area contributed by atoms with Crippen molar-refractivity contribution in [3.05, 3.63) is 84.4 Å². The number of aromatic nitrogens is 7. The van der Waals surface area contributed by atoms with E-state index in [9.17, 15) is 4.79 Å². The first-order valence-electron chi connectivity index (χ1n) is 9.14. The van der Waals surface area contributed by atoms with E-state index in [2.05, 4.69) is 20.5 Å². The number of ketones is 1. The van der Waals surface area contributed by atoms with Gasteiger partial charge in [0.15, 0.2) is 5.82 Å². The number of carbonyl (C=O) groups excluding carboxylic acids is 1. The molecule has 0 saturated carbocycles. The molecule has 30 heavy (non-hydrogen) atoms. The van der Waals surface area contributed by atoms with E-state index >= 15 is 0 Å². The largest absolute Gasteiger partial charge is 0.331 e. The zero-order chi connectivity index (χ0) is 20.5. The van der Waals surface area contributed by atoms with Crippen LogP contribution in [0.15, 0.2) is 83.2 Å². The van der Waals surface area contributed by atoms with Crippen molar-refractivity contribution in [1.29, 1.82) is 0 Å². The third-order valence-corrected chi connectivity index (χ3v) is 5.45. The Kier molecular flexibility index (Phi) is 4.56. The number of pyridine rings is 1. The Bertz CT molecular complexity index is 1360. The van der Waals surface area contributed by atoms with Crippen LogP contribution in [-0.2, 0) is 7.05 Å². The molecule has 8 nitrogen and oxygen atoms in total. The van der Waals surface area contributed by atoms with Gasteiger partial charge in [-0.1, -0.05) is 36.4 Å². The smallest absolute Gasteiger partial charge is 0.229 e. The topological polar surface area (TPSA) is 91.4 Å². The van der Waals surface area contributed by atoms with Gasteiger partial charge in [-0.25, -0.2) is 9.97 Å². The Hall–Kier alpha value is -3.85. The van der Waals surface area contributed by atoms with E-state index in [1.165, 1.54) is 11.8 Å². The molecule has 5 aromatic rings. The highest BCUT2D eigenvalue weighted by Crippen LogP contribution is 2.30. The molecular weight excluding hydrogens is 398 g/mol. The lowest BCUT2D eigenvalue weighted by Crippen LogP contribution is -2.10. The number of fused-ring (bicyclic) bond motifs is 1. The lowest BCUT2D eigenvalue weighted by Gasteiger charge is -2.09. The second-order valence-electron chi connectivity index (χ2n) is 6.53. The van der Waals surface area contributed by atoms with E-state index in [0.29, 0.717) is 21.6 Å². The maximum atomic E-state index is 13.2. The predicted octanol–water partition coefficient (Wildman–Crippen LogP) is 3.33. The summed E-state index contributed by atoms with van der Waals surface area (Å²) in [5.41, 5.74) is 2.10. The third-order valence-electron chi connectivity index (χ3n) is 4.60. The fourth-order valence-electron chi connectivity index (χ4n) is 3.16. The van der Waals surface area contributed by atoms with Gasteiger partial charge in [-0.3, -0.25) is 4.79 Å². The number of para-hydroxylation sites is 2. The monoisotopic (exact) mass is 413 g/mol. The Morgan fingerprint density at radius 2 is 1.83 bits per heavy atom. The van der Waals surface area contributed by atoms with Crippen LogP contribution in [0.4, 0.5) is 0 Å². The van der Waals surface area contributed by atoms with Gasteiger partial charge in [0.1, 0.15) is 5.03 Å². The van der Waals surface area contributed by atoms with Gasteiger partial charge in [-0.2, -0.15) is 4.68 Å². The molecule has 0 saturated heterocycles. The molecule has 0 aliphatic heterocycles. The number of tetrazole rings is 1. The van der Waals surface area contributed by atoms with Gasteiger partial charge < -0.3 is 4.57 Å². The summed E-state index contributed by atoms with van der Waals surface area (Å²) in [5, 5.41) is 14.0. The molecule has 5 rings (SSSR count). The van der Waals surface area contributed by atoms with Crippen LogP contribution in [0.2, 0.25) is 0 Å². The SMILES string of the molecule is Cn1ccnc1C(=O)c1cc(Sc2nnnn2-c2ccccc2)nc2ccccc12. The van der Waals surface area contributed by atoms with Crippen LogP contribution < -0.4 is 0 Å². The molecule has 0 spiro atoms. The molecule has 0 N–H and O–H groups in total. The summed E-state index contributed by atoms with van der Waals surface area (Å²) in [7, 11) is 1.80. The quantitative estimate of drug-likeness (QED) is 0.408. The third kappa shape index (κ3) is 3.25. The molecule has 146 valence electrons. The minimum absolute atomic E-state index is 0.161. The second-order valence-corrected chi connectivity index (χ2v) is 7.51. The second kappa shape index (κ2) is 7.53. The van der Waals surface area contributed by atoms with Crippen LogP contribution in [-0.4, -0.2) is 40.5 Å². The Balaban J connectivity index is 1.60. The Morgan fingerprint density at radius 1 is 1.03 bits per heavy atom. The number of carbonyl (C=O) groups is 1. The van der Waals surface area contributed by atoms with E-state index in [-0.39, 0.29) is 5.78 Å². The fourth-order valence-corrected chi connectivity index (χ4v) is 3.98. The van der Waals surface area contributed by atoms with Crippen LogP contribution >= 0.6 is 11.8 Å². The van der Waals surface area contributed by atoms with E-state index in [4.69, 9.17) is 4.98 Å². The van der Waals surface area contributed by atoms with E-state index in [1.54, 1.807) is 34.8 Å². The number of imidazole rings is 1. The molecule has 3 heterocycles. The van der Waals surface area contributed by atoms with Crippen molar-refractivity contribution in [2.24, 2.45) is 7.05 Å². The van der Waals surface area contributed by atoms with Crippen molar-refractivity contribution in [3.63, 3.8) is 0 Å². The molecular formula is C21H15N7OS. The molecule has 0 aliphatic carbocycles. The van der Waals surface area contributed by atoms with Gasteiger partial charge in [-0.15, -0.1) is 5.10 Å². The summed E-state index contributed by atoms with van der Waals surface area (Å²) in [6.45, 7) is 0. The van der Waals surface area contributed by atoms with Crippen molar-refractivity contribution in [3.8, 4) is 5.69 Å². The Labute approximate surface area is 175 Å². The number of hydrogen-bond donors (Lipinski definition) is 0. The van der Waals surface area contributed by atoms with Gasteiger partial charge in [0.25, 0.3) is 0 Å². The standard InChI is InChI=1S/C21H15N7OS/c1-27-12-11-22-20(27)19(29)16-13-18(23-17-10-6-5-9-15(16)17)30-21-24-25-26-28(21)14-7-3-2-4-8-14/h2-13H,1H3. The zero-order valence-electron chi connectivity index (χ0n) is 15.9. The van der Waals surface area contributed by atoms with Gasteiger partial charge in [0, 0.05) is 30.4 Å². The van der Waals surface area contributed by atoms with Crippen LogP contribution in [0, 0.1) is 0 Å². The number of benzene rings is 2. The first-order valence-corrected chi connectivity index (χ1v) is 9.96. The first kappa shape index (κ1) is 18.2. The van der Waals surface area contributed by atoms with E-state index < -0.39 is 0 Å². The maximum absolute atomic E-state index is 13.2. The van der Waals surface area contributed by atoms with Crippen LogP contribution in [0.3, 0.4) is 0 Å². The zero-order valence-corrected chi connectivity index (χ0v) is 16.7. The van der Waals surface area contributed by atoms with E-state index in [1.807, 2.05) is 54.6 Å². The number of rotatable bonds is 5. The van der Waals surface area contributed by atoms with Crippen molar-refractivity contribution in [1.82, 2.24) is 34.7 Å². The van der Waals surface area contributed by atoms with E-state index in [0.717, 1.165) is 16.6 Å². The summed E-state index contributed by atoms with van der Waals surface area (Å²) >= 11 is 1.30. The van der Waals surface area contributed by atoms with Gasteiger partial charge in [-0.05, 0) is 46.5 Å². The molecule has 0 fully saturated rings. The van der Waals surface area contributed by atoms with Crippen molar-refractivity contribution in [2.75, 3.05) is 0 Å². The summed E-state index contributed by atoms with van der Waals surface area (Å²) in [4.78, 5) is 22.1. The van der Waals surface area contributed by atoms with Crippen molar-refractivity contribution >= 4 is 28.4 Å². The molecule has 0 radical (unpaired) electrons. The highest BCUT2D eigenvalue weighted by molar-refractivity contribution is 7.99. The summed E-state index contributed by atoms with van der Waals surface area (Å²) < 4.78 is 3.35. The summed E-state index contributed by atoms with van der Waals surface area (Å²) in [6, 6.07) is 18.9. The molecule has 0 aliphatic rings. The molecule has 3 aromatic heterocycles. The highest BCUT2D eigenvalue weighted by Gasteiger charge is 2.20.